The standard InChI is InChI=1S/C38H45N7O7/c1-5-9-28(42-37(49)51-3)35(47)44-21-7-11-31(44)33-39-23-30(41-33)26-15-13-24(14-16-26)25-17-19-27(20-18-25)40-34(46)32-12-8-22-45(32)36(48)29(10-6-2)43-38(50)52-4/h5-6,13-20,23,28-29,31-32H,1-2,7-12,21-22H2,3-4H3,(H,39,41)(H,40,46)(H,42,49)(H,43,50)/t28-,29-,31-,32-/m0/s1. The number of alkyl carbamates (subject to hydrolysis) is 2. The maximum Gasteiger partial charge on any atom is 0.407 e. The topological polar surface area (TPSA) is 175 Å². The number of nitrogens with zero attached hydrogens (tertiary/aromatic N) is 3. The number of methoxy groups -OCH3 is 2. The van der Waals surface area contributed by atoms with Crippen molar-refractivity contribution >= 4 is 35.6 Å². The van der Waals surface area contributed by atoms with Crippen molar-refractivity contribution in [1.82, 2.24) is 30.4 Å². The van der Waals surface area contributed by atoms with E-state index in [0.29, 0.717) is 37.4 Å². The van der Waals surface area contributed by atoms with E-state index in [-0.39, 0.29) is 36.6 Å². The van der Waals surface area contributed by atoms with E-state index in [9.17, 15) is 24.0 Å². The van der Waals surface area contributed by atoms with Crippen molar-refractivity contribution in [3.63, 3.8) is 0 Å². The Morgan fingerprint density at radius 1 is 0.808 bits per heavy atom. The van der Waals surface area contributed by atoms with Gasteiger partial charge in [-0.25, -0.2) is 14.6 Å². The maximum absolute atomic E-state index is 13.4. The predicted molar refractivity (Wildman–Crippen MR) is 195 cm³/mol. The number of amides is 5. The highest BCUT2D eigenvalue weighted by atomic mass is 16.5. The van der Waals surface area contributed by atoms with Crippen LogP contribution in [0.1, 0.15) is 50.4 Å². The average Bonchev–Trinajstić information content (AvgIpc) is 3.96. The summed E-state index contributed by atoms with van der Waals surface area (Å²) in [5, 5.41) is 8.06. The molecule has 4 N–H and O–H groups in total. The number of carbonyl (C=O) groups is 5. The number of benzene rings is 2. The summed E-state index contributed by atoms with van der Waals surface area (Å²) >= 11 is 0. The van der Waals surface area contributed by atoms with E-state index >= 15 is 0 Å². The third-order valence-corrected chi connectivity index (χ3v) is 9.32. The molecule has 2 saturated heterocycles. The highest BCUT2D eigenvalue weighted by molar-refractivity contribution is 5.99. The lowest BCUT2D eigenvalue weighted by Crippen LogP contribution is -2.52. The number of nitrogens with one attached hydrogen (secondary N) is 4. The molecule has 274 valence electrons. The van der Waals surface area contributed by atoms with Crippen LogP contribution in [0, 0.1) is 0 Å². The second-order valence-corrected chi connectivity index (χ2v) is 12.6. The summed E-state index contributed by atoms with van der Waals surface area (Å²) in [6.45, 7) is 8.34. The van der Waals surface area contributed by atoms with Crippen molar-refractivity contribution < 1.29 is 33.4 Å². The molecule has 5 amide bonds. The van der Waals surface area contributed by atoms with Crippen molar-refractivity contribution in [3.05, 3.63) is 85.9 Å². The van der Waals surface area contributed by atoms with Gasteiger partial charge in [0.15, 0.2) is 0 Å². The zero-order chi connectivity index (χ0) is 37.2. The first kappa shape index (κ1) is 37.3. The van der Waals surface area contributed by atoms with Crippen molar-refractivity contribution in [1.29, 1.82) is 0 Å². The smallest absolute Gasteiger partial charge is 0.407 e. The summed E-state index contributed by atoms with van der Waals surface area (Å²) in [6.07, 6.45) is 6.72. The minimum Gasteiger partial charge on any atom is -0.453 e. The van der Waals surface area contributed by atoms with Crippen LogP contribution in [0.25, 0.3) is 22.4 Å². The third-order valence-electron chi connectivity index (χ3n) is 9.32. The number of anilines is 1. The predicted octanol–water partition coefficient (Wildman–Crippen LogP) is 4.94. The lowest BCUT2D eigenvalue weighted by atomic mass is 10.0. The number of rotatable bonds is 13. The van der Waals surface area contributed by atoms with Crippen molar-refractivity contribution in [2.45, 2.75) is 62.7 Å². The Bertz CT molecular complexity index is 1770. The van der Waals surface area contributed by atoms with Crippen molar-refractivity contribution in [2.24, 2.45) is 0 Å². The largest absolute Gasteiger partial charge is 0.453 e. The van der Waals surface area contributed by atoms with Gasteiger partial charge in [0.05, 0.1) is 32.2 Å². The van der Waals surface area contributed by atoms with Gasteiger partial charge in [0, 0.05) is 18.8 Å². The van der Waals surface area contributed by atoms with Crippen LogP contribution >= 0.6 is 0 Å². The first-order valence-electron chi connectivity index (χ1n) is 17.3. The molecular weight excluding hydrogens is 666 g/mol. The van der Waals surface area contributed by atoms with Gasteiger partial charge in [-0.15, -0.1) is 13.2 Å². The fourth-order valence-corrected chi connectivity index (χ4v) is 6.66. The van der Waals surface area contributed by atoms with Crippen LogP contribution < -0.4 is 16.0 Å². The lowest BCUT2D eigenvalue weighted by molar-refractivity contribution is -0.138. The molecule has 0 spiro atoms. The fraction of sp³-hybridized carbons (Fsp3) is 0.368. The van der Waals surface area contributed by atoms with Gasteiger partial charge in [0.1, 0.15) is 23.9 Å². The van der Waals surface area contributed by atoms with Gasteiger partial charge in [-0.2, -0.15) is 0 Å². The number of carbonyl (C=O) groups excluding carboxylic acids is 5. The first-order chi connectivity index (χ1) is 25.2. The van der Waals surface area contributed by atoms with Crippen LogP contribution in [-0.2, 0) is 23.9 Å². The number of hydrogen-bond acceptors (Lipinski definition) is 8. The molecule has 5 rings (SSSR count). The molecule has 14 nitrogen and oxygen atoms in total. The quantitative estimate of drug-likeness (QED) is 0.180. The molecule has 14 heteroatoms. The fourth-order valence-electron chi connectivity index (χ4n) is 6.66. The molecule has 2 aliphatic rings. The Morgan fingerprint density at radius 3 is 1.90 bits per heavy atom. The van der Waals surface area contributed by atoms with E-state index < -0.39 is 30.3 Å². The molecule has 3 aromatic rings. The molecule has 52 heavy (non-hydrogen) atoms. The van der Waals surface area contributed by atoms with Crippen LogP contribution in [0.2, 0.25) is 0 Å². The molecule has 2 fully saturated rings. The summed E-state index contributed by atoms with van der Waals surface area (Å²) in [6, 6.07) is 12.9. The van der Waals surface area contributed by atoms with Gasteiger partial charge in [-0.05, 0) is 67.3 Å². The van der Waals surface area contributed by atoms with Crippen LogP contribution in [0.3, 0.4) is 0 Å². The van der Waals surface area contributed by atoms with Gasteiger partial charge >= 0.3 is 12.2 Å². The number of aromatic amines is 1. The normalized spacial score (nSPS) is 17.8. The van der Waals surface area contributed by atoms with Gasteiger partial charge in [-0.3, -0.25) is 14.4 Å². The molecule has 0 radical (unpaired) electrons. The number of H-pyrrole nitrogens is 1. The molecule has 2 aliphatic heterocycles. The van der Waals surface area contributed by atoms with Gasteiger partial charge in [-0.1, -0.05) is 48.6 Å². The Balaban J connectivity index is 1.20. The number of aromatic nitrogens is 2. The number of ether oxygens (including phenoxy) is 2. The second-order valence-electron chi connectivity index (χ2n) is 12.6. The average molecular weight is 712 g/mol. The number of likely N-dealkylation sites (tertiary alicyclic amines) is 2. The van der Waals surface area contributed by atoms with Gasteiger partial charge < -0.3 is 40.2 Å². The maximum atomic E-state index is 13.4. The van der Waals surface area contributed by atoms with Gasteiger partial charge in [0.2, 0.25) is 17.7 Å². The molecule has 0 unspecified atom stereocenters. The Labute approximate surface area is 302 Å². The van der Waals surface area contributed by atoms with Crippen molar-refractivity contribution in [3.8, 4) is 22.4 Å². The number of hydrogen-bond donors (Lipinski definition) is 4. The van der Waals surface area contributed by atoms with Gasteiger partial charge in [0.25, 0.3) is 0 Å². The van der Waals surface area contributed by atoms with Crippen LogP contribution in [0.15, 0.2) is 80.0 Å². The molecule has 2 aromatic carbocycles. The zero-order valence-electron chi connectivity index (χ0n) is 29.4. The Hall–Kier alpha value is -5.92. The number of imidazole rings is 1. The Kier molecular flexibility index (Phi) is 12.4. The lowest BCUT2D eigenvalue weighted by Gasteiger charge is -2.28. The summed E-state index contributed by atoms with van der Waals surface area (Å²) in [7, 11) is 2.48. The monoisotopic (exact) mass is 711 g/mol. The third kappa shape index (κ3) is 8.68. The molecule has 4 atom stereocenters. The zero-order valence-corrected chi connectivity index (χ0v) is 29.4. The summed E-state index contributed by atoms with van der Waals surface area (Å²) in [5.74, 6) is -0.181. The molecule has 0 aliphatic carbocycles. The van der Waals surface area contributed by atoms with E-state index in [0.717, 1.165) is 35.2 Å². The SMILES string of the molecule is C=CC[C@H](NC(=O)OC)C(=O)N1CCC[C@H]1C(=O)Nc1ccc(-c2ccc(-c3cnc([C@@H]4CCCN4C(=O)[C@H](CC=C)NC(=O)OC)[nH]3)cc2)cc1. The summed E-state index contributed by atoms with van der Waals surface area (Å²) in [4.78, 5) is 74.8. The van der Waals surface area contributed by atoms with E-state index in [1.807, 2.05) is 48.5 Å². The highest BCUT2D eigenvalue weighted by Gasteiger charge is 2.38. The summed E-state index contributed by atoms with van der Waals surface area (Å²) < 4.78 is 9.34. The Morgan fingerprint density at radius 2 is 1.33 bits per heavy atom. The molecule has 3 heterocycles. The second kappa shape index (κ2) is 17.3. The minimum absolute atomic E-state index is 0.210. The summed E-state index contributed by atoms with van der Waals surface area (Å²) in [5.41, 5.74) is 4.25. The molecule has 0 saturated carbocycles. The van der Waals surface area contributed by atoms with E-state index in [2.05, 4.69) is 43.8 Å². The molecule has 1 aromatic heterocycles. The van der Waals surface area contributed by atoms with E-state index in [1.165, 1.54) is 25.2 Å². The van der Waals surface area contributed by atoms with Crippen LogP contribution in [0.5, 0.6) is 0 Å². The first-order valence-corrected chi connectivity index (χ1v) is 17.3. The minimum atomic E-state index is -0.869. The van der Waals surface area contributed by atoms with E-state index in [4.69, 9.17) is 4.74 Å². The van der Waals surface area contributed by atoms with Crippen LogP contribution in [-0.4, -0.2) is 95.1 Å². The van der Waals surface area contributed by atoms with E-state index in [1.54, 1.807) is 17.2 Å². The van der Waals surface area contributed by atoms with Crippen LogP contribution in [0.4, 0.5) is 15.3 Å². The van der Waals surface area contributed by atoms with Crippen molar-refractivity contribution in [2.75, 3.05) is 32.6 Å². The highest BCUT2D eigenvalue weighted by Crippen LogP contribution is 2.33. The molecular formula is C38H45N7O7. The molecule has 0 bridgehead atoms.